The highest BCUT2D eigenvalue weighted by molar-refractivity contribution is 7.15. The van der Waals surface area contributed by atoms with Crippen LogP contribution in [0.25, 0.3) is 0 Å². The van der Waals surface area contributed by atoms with E-state index in [0.717, 1.165) is 30.7 Å². The molecular formula is C17H28N4O2S. The molecule has 0 aliphatic carbocycles. The van der Waals surface area contributed by atoms with Gasteiger partial charge >= 0.3 is 0 Å². The molecule has 1 aliphatic heterocycles. The maximum absolute atomic E-state index is 12.0. The van der Waals surface area contributed by atoms with Crippen molar-refractivity contribution in [3.8, 4) is 0 Å². The molecule has 0 saturated carbocycles. The zero-order valence-corrected chi connectivity index (χ0v) is 15.4. The molecule has 2 heterocycles. The van der Waals surface area contributed by atoms with E-state index >= 15 is 0 Å². The number of piperidine rings is 1. The highest BCUT2D eigenvalue weighted by Crippen LogP contribution is 2.18. The smallest absolute Gasteiger partial charge is 0.245 e. The number of carbonyl (C=O) groups excluding carboxylic acids is 2. The van der Waals surface area contributed by atoms with Crippen molar-refractivity contribution in [1.82, 2.24) is 15.1 Å². The molecule has 1 aliphatic rings. The number of hydrogen-bond acceptors (Lipinski definition) is 5. The molecule has 24 heavy (non-hydrogen) atoms. The zero-order valence-electron chi connectivity index (χ0n) is 14.6. The van der Waals surface area contributed by atoms with Gasteiger partial charge in [-0.15, -0.1) is 10.2 Å². The van der Waals surface area contributed by atoms with Crippen molar-refractivity contribution in [2.45, 2.75) is 71.1 Å². The van der Waals surface area contributed by atoms with Gasteiger partial charge in [0.05, 0.1) is 6.54 Å². The van der Waals surface area contributed by atoms with Crippen LogP contribution in [0.5, 0.6) is 0 Å². The molecule has 1 aromatic heterocycles. The fraction of sp³-hybridized carbons (Fsp3) is 0.765. The van der Waals surface area contributed by atoms with E-state index in [1.54, 1.807) is 4.90 Å². The molecule has 2 rings (SSSR count). The Balaban J connectivity index is 1.67. The van der Waals surface area contributed by atoms with Gasteiger partial charge in [0.1, 0.15) is 5.01 Å². The first-order chi connectivity index (χ1) is 11.7. The average Bonchev–Trinajstić information content (AvgIpc) is 3.00. The number of rotatable bonds is 10. The second-order valence-electron chi connectivity index (χ2n) is 6.34. The fourth-order valence-corrected chi connectivity index (χ4v) is 3.62. The summed E-state index contributed by atoms with van der Waals surface area (Å²) in [6.45, 7) is 3.01. The van der Waals surface area contributed by atoms with E-state index in [4.69, 9.17) is 0 Å². The second-order valence-corrected chi connectivity index (χ2v) is 7.40. The Morgan fingerprint density at radius 3 is 2.75 bits per heavy atom. The van der Waals surface area contributed by atoms with Crippen LogP contribution in [0.1, 0.15) is 69.7 Å². The minimum absolute atomic E-state index is 0.0671. The highest BCUT2D eigenvalue weighted by Gasteiger charge is 2.20. The van der Waals surface area contributed by atoms with Crippen LogP contribution in [0, 0.1) is 0 Å². The summed E-state index contributed by atoms with van der Waals surface area (Å²) in [5, 5.41) is 12.4. The van der Waals surface area contributed by atoms with Gasteiger partial charge in [-0.2, -0.15) is 0 Å². The van der Waals surface area contributed by atoms with Gasteiger partial charge in [-0.1, -0.05) is 50.4 Å². The third kappa shape index (κ3) is 6.55. The summed E-state index contributed by atoms with van der Waals surface area (Å²) < 4.78 is 0. The number of nitrogens with one attached hydrogen (secondary N) is 1. The maximum atomic E-state index is 12.0. The van der Waals surface area contributed by atoms with Crippen molar-refractivity contribution in [2.75, 3.05) is 18.4 Å². The molecule has 1 fully saturated rings. The monoisotopic (exact) mass is 352 g/mol. The van der Waals surface area contributed by atoms with Gasteiger partial charge in [-0.3, -0.25) is 14.9 Å². The van der Waals surface area contributed by atoms with Crippen molar-refractivity contribution >= 4 is 28.3 Å². The average molecular weight is 353 g/mol. The SMILES string of the molecule is CCCCCCCCc1nnc(NC(=O)CN2CCCCC2=O)s1. The topological polar surface area (TPSA) is 75.2 Å². The largest absolute Gasteiger partial charge is 0.333 e. The van der Waals surface area contributed by atoms with Crippen LogP contribution < -0.4 is 5.32 Å². The Hall–Kier alpha value is -1.50. The predicted molar refractivity (Wildman–Crippen MR) is 96.0 cm³/mol. The highest BCUT2D eigenvalue weighted by atomic mass is 32.1. The van der Waals surface area contributed by atoms with E-state index in [2.05, 4.69) is 22.4 Å². The Kier molecular flexibility index (Phi) is 8.15. The molecule has 134 valence electrons. The summed E-state index contributed by atoms with van der Waals surface area (Å²) >= 11 is 1.43. The molecular weight excluding hydrogens is 324 g/mol. The molecule has 1 aromatic rings. The molecule has 0 aromatic carbocycles. The number of amides is 2. The molecule has 2 amide bonds. The fourth-order valence-electron chi connectivity index (χ4n) is 2.82. The third-order valence-corrected chi connectivity index (χ3v) is 5.11. The summed E-state index contributed by atoms with van der Waals surface area (Å²) in [7, 11) is 0. The van der Waals surface area contributed by atoms with E-state index in [0.29, 0.717) is 18.1 Å². The van der Waals surface area contributed by atoms with Crippen molar-refractivity contribution < 1.29 is 9.59 Å². The Labute approximate surface area is 148 Å². The van der Waals surface area contributed by atoms with Gasteiger partial charge in [-0.25, -0.2) is 0 Å². The molecule has 0 radical (unpaired) electrons. The number of aromatic nitrogens is 2. The van der Waals surface area contributed by atoms with E-state index in [1.165, 1.54) is 43.4 Å². The normalized spacial score (nSPS) is 14.9. The molecule has 7 heteroatoms. The van der Waals surface area contributed by atoms with Gasteiger partial charge in [0, 0.05) is 19.4 Å². The molecule has 1 N–H and O–H groups in total. The standard InChI is InChI=1S/C17H28N4O2S/c1-2-3-4-5-6-7-10-15-19-20-17(24-15)18-14(22)13-21-12-9-8-11-16(21)23/h2-13H2,1H3,(H,18,20,22). The lowest BCUT2D eigenvalue weighted by atomic mass is 10.1. The summed E-state index contributed by atoms with van der Waals surface area (Å²) in [6, 6.07) is 0. The lowest BCUT2D eigenvalue weighted by molar-refractivity contribution is -0.136. The van der Waals surface area contributed by atoms with Crippen LogP contribution in [0.4, 0.5) is 5.13 Å². The molecule has 6 nitrogen and oxygen atoms in total. The Morgan fingerprint density at radius 1 is 1.17 bits per heavy atom. The van der Waals surface area contributed by atoms with E-state index < -0.39 is 0 Å². The number of carbonyl (C=O) groups is 2. The molecule has 0 unspecified atom stereocenters. The third-order valence-electron chi connectivity index (χ3n) is 4.21. The van der Waals surface area contributed by atoms with Crippen LogP contribution in [0.15, 0.2) is 0 Å². The van der Waals surface area contributed by atoms with E-state index in [1.807, 2.05) is 0 Å². The number of unbranched alkanes of at least 4 members (excludes halogenated alkanes) is 5. The van der Waals surface area contributed by atoms with Crippen LogP contribution in [0.3, 0.4) is 0 Å². The predicted octanol–water partition coefficient (Wildman–Crippen LogP) is 3.39. The Morgan fingerprint density at radius 2 is 1.96 bits per heavy atom. The summed E-state index contributed by atoms with van der Waals surface area (Å²) in [5.74, 6) is -0.120. The van der Waals surface area contributed by atoms with Gasteiger partial charge in [0.2, 0.25) is 16.9 Å². The lowest BCUT2D eigenvalue weighted by Gasteiger charge is -2.25. The molecule has 0 spiro atoms. The van der Waals surface area contributed by atoms with Gasteiger partial charge in [0.15, 0.2) is 0 Å². The molecule has 0 atom stereocenters. The Bertz CT molecular complexity index is 532. The number of aryl methyl sites for hydroxylation is 1. The minimum Gasteiger partial charge on any atom is -0.333 e. The zero-order chi connectivity index (χ0) is 17.2. The quantitative estimate of drug-likeness (QED) is 0.655. The first kappa shape index (κ1) is 18.8. The van der Waals surface area contributed by atoms with E-state index in [-0.39, 0.29) is 18.4 Å². The summed E-state index contributed by atoms with van der Waals surface area (Å²) in [6.07, 6.45) is 10.9. The van der Waals surface area contributed by atoms with Crippen molar-refractivity contribution in [3.63, 3.8) is 0 Å². The van der Waals surface area contributed by atoms with Crippen molar-refractivity contribution in [2.24, 2.45) is 0 Å². The van der Waals surface area contributed by atoms with Crippen LogP contribution >= 0.6 is 11.3 Å². The van der Waals surface area contributed by atoms with Crippen molar-refractivity contribution in [3.05, 3.63) is 5.01 Å². The lowest BCUT2D eigenvalue weighted by Crippen LogP contribution is -2.40. The van der Waals surface area contributed by atoms with Crippen molar-refractivity contribution in [1.29, 1.82) is 0 Å². The number of likely N-dealkylation sites (tertiary alicyclic amines) is 1. The first-order valence-corrected chi connectivity index (χ1v) is 9.90. The van der Waals surface area contributed by atoms with Gasteiger partial charge in [0.25, 0.3) is 0 Å². The first-order valence-electron chi connectivity index (χ1n) is 9.09. The number of anilines is 1. The minimum atomic E-state index is -0.187. The van der Waals surface area contributed by atoms with Crippen LogP contribution in [-0.2, 0) is 16.0 Å². The second kappa shape index (κ2) is 10.4. The van der Waals surface area contributed by atoms with Crippen LogP contribution in [-0.4, -0.2) is 40.0 Å². The summed E-state index contributed by atoms with van der Waals surface area (Å²) in [5.41, 5.74) is 0. The molecule has 0 bridgehead atoms. The number of hydrogen-bond donors (Lipinski definition) is 1. The van der Waals surface area contributed by atoms with Gasteiger partial charge < -0.3 is 4.90 Å². The molecule has 1 saturated heterocycles. The maximum Gasteiger partial charge on any atom is 0.245 e. The number of nitrogens with zero attached hydrogens (tertiary/aromatic N) is 3. The summed E-state index contributed by atoms with van der Waals surface area (Å²) in [4.78, 5) is 25.4. The van der Waals surface area contributed by atoms with Gasteiger partial charge in [-0.05, 0) is 19.3 Å². The van der Waals surface area contributed by atoms with Crippen LogP contribution in [0.2, 0.25) is 0 Å². The van der Waals surface area contributed by atoms with E-state index in [9.17, 15) is 9.59 Å².